The molecule has 0 heterocycles. The van der Waals surface area contributed by atoms with Gasteiger partial charge in [-0.05, 0) is 49.8 Å². The van der Waals surface area contributed by atoms with Gasteiger partial charge in [0.2, 0.25) is 0 Å². The van der Waals surface area contributed by atoms with Crippen LogP contribution in [0.15, 0.2) is 18.2 Å². The lowest BCUT2D eigenvalue weighted by Gasteiger charge is -2.35. The number of anilines is 2. The van der Waals surface area contributed by atoms with Gasteiger partial charge in [-0.1, -0.05) is 6.92 Å². The van der Waals surface area contributed by atoms with Gasteiger partial charge in [-0.3, -0.25) is 0 Å². The highest BCUT2D eigenvalue weighted by atomic mass is 16.4. The summed E-state index contributed by atoms with van der Waals surface area (Å²) in [6, 6.07) is 5.76. The number of hydrogen-bond donors (Lipinski definition) is 2. The lowest BCUT2D eigenvalue weighted by atomic mass is 9.86. The second-order valence-electron chi connectivity index (χ2n) is 5.60. The molecule has 0 spiro atoms. The maximum absolute atomic E-state index is 11.1. The summed E-state index contributed by atoms with van der Waals surface area (Å²) >= 11 is 0. The highest BCUT2D eigenvalue weighted by Crippen LogP contribution is 2.30. The molecule has 0 atom stereocenters. The number of carboxylic acid groups (broad SMARTS) is 1. The van der Waals surface area contributed by atoms with Crippen molar-refractivity contribution in [1.82, 2.24) is 0 Å². The van der Waals surface area contributed by atoms with Crippen molar-refractivity contribution in [3.8, 4) is 0 Å². The minimum atomic E-state index is -0.968. The summed E-state index contributed by atoms with van der Waals surface area (Å²) in [6.45, 7) is 2.29. The molecule has 4 nitrogen and oxygen atoms in total. The Hall–Kier alpha value is -1.71. The summed E-state index contributed by atoms with van der Waals surface area (Å²) < 4.78 is 0. The van der Waals surface area contributed by atoms with Gasteiger partial charge in [0.05, 0.1) is 5.56 Å². The Balaban J connectivity index is 2.17. The average Bonchev–Trinajstić information content (AvgIpc) is 2.39. The zero-order chi connectivity index (χ0) is 14.0. The van der Waals surface area contributed by atoms with Crippen LogP contribution in [-0.2, 0) is 0 Å². The van der Waals surface area contributed by atoms with Crippen molar-refractivity contribution < 1.29 is 9.90 Å². The molecule has 1 aromatic rings. The minimum absolute atomic E-state index is 0.188. The van der Waals surface area contributed by atoms with E-state index in [9.17, 15) is 4.79 Å². The number of carbonyl (C=O) groups is 1. The Labute approximate surface area is 114 Å². The molecule has 0 saturated heterocycles. The molecular weight excluding hydrogens is 240 g/mol. The Bertz CT molecular complexity index is 465. The van der Waals surface area contributed by atoms with Crippen LogP contribution >= 0.6 is 0 Å². The van der Waals surface area contributed by atoms with E-state index in [4.69, 9.17) is 10.8 Å². The molecule has 1 aliphatic carbocycles. The third kappa shape index (κ3) is 3.00. The first-order valence-corrected chi connectivity index (χ1v) is 6.84. The van der Waals surface area contributed by atoms with Crippen molar-refractivity contribution in [1.29, 1.82) is 0 Å². The van der Waals surface area contributed by atoms with Gasteiger partial charge in [-0.2, -0.15) is 0 Å². The number of hydrogen-bond acceptors (Lipinski definition) is 3. The predicted octanol–water partition coefficient (Wildman–Crippen LogP) is 2.98. The van der Waals surface area contributed by atoms with E-state index in [1.807, 2.05) is 13.1 Å². The highest BCUT2D eigenvalue weighted by molar-refractivity contribution is 5.94. The molecule has 4 heteroatoms. The SMILES string of the molecule is CC1CCC(N(C)c2ccc(N)c(C(=O)O)c2)CC1. The van der Waals surface area contributed by atoms with Crippen molar-refractivity contribution >= 4 is 17.3 Å². The number of rotatable bonds is 3. The van der Waals surface area contributed by atoms with Crippen molar-refractivity contribution in [2.75, 3.05) is 17.7 Å². The maximum Gasteiger partial charge on any atom is 0.337 e. The fourth-order valence-electron chi connectivity index (χ4n) is 2.79. The van der Waals surface area contributed by atoms with E-state index >= 15 is 0 Å². The van der Waals surface area contributed by atoms with Crippen LogP contribution in [0.25, 0.3) is 0 Å². The van der Waals surface area contributed by atoms with Gasteiger partial charge in [0.1, 0.15) is 0 Å². The molecule has 104 valence electrons. The standard InChI is InChI=1S/C15H22N2O2/c1-10-3-5-11(6-4-10)17(2)12-7-8-14(16)13(9-12)15(18)19/h7-11H,3-6,16H2,1-2H3,(H,18,19). The molecule has 1 aliphatic rings. The molecule has 0 amide bonds. The van der Waals surface area contributed by atoms with Gasteiger partial charge in [0, 0.05) is 24.5 Å². The fourth-order valence-corrected chi connectivity index (χ4v) is 2.79. The summed E-state index contributed by atoms with van der Waals surface area (Å²) in [7, 11) is 2.04. The maximum atomic E-state index is 11.1. The van der Waals surface area contributed by atoms with E-state index in [2.05, 4.69) is 11.8 Å². The Morgan fingerprint density at radius 1 is 1.32 bits per heavy atom. The highest BCUT2D eigenvalue weighted by Gasteiger charge is 2.22. The summed E-state index contributed by atoms with van der Waals surface area (Å²) in [5.41, 5.74) is 7.13. The topological polar surface area (TPSA) is 66.6 Å². The number of benzene rings is 1. The van der Waals surface area contributed by atoms with Crippen LogP contribution in [0.5, 0.6) is 0 Å². The van der Waals surface area contributed by atoms with E-state index in [1.165, 1.54) is 25.7 Å². The fraction of sp³-hybridized carbons (Fsp3) is 0.533. The minimum Gasteiger partial charge on any atom is -0.478 e. The van der Waals surface area contributed by atoms with Crippen LogP contribution in [0, 0.1) is 5.92 Å². The lowest BCUT2D eigenvalue weighted by Crippen LogP contribution is -2.34. The van der Waals surface area contributed by atoms with Gasteiger partial charge in [-0.25, -0.2) is 4.79 Å². The van der Waals surface area contributed by atoms with Gasteiger partial charge in [-0.15, -0.1) is 0 Å². The molecule has 1 aromatic carbocycles. The summed E-state index contributed by atoms with van der Waals surface area (Å²) in [4.78, 5) is 13.3. The van der Waals surface area contributed by atoms with Gasteiger partial charge >= 0.3 is 5.97 Å². The van der Waals surface area contributed by atoms with Crippen molar-refractivity contribution in [3.63, 3.8) is 0 Å². The quantitative estimate of drug-likeness (QED) is 0.822. The first kappa shape index (κ1) is 13.7. The first-order valence-electron chi connectivity index (χ1n) is 6.84. The first-order chi connectivity index (χ1) is 8.99. The summed E-state index contributed by atoms with van der Waals surface area (Å²) in [6.07, 6.45) is 4.83. The molecular formula is C15H22N2O2. The van der Waals surface area contributed by atoms with Crippen molar-refractivity contribution in [2.24, 2.45) is 5.92 Å². The van der Waals surface area contributed by atoms with E-state index in [0.717, 1.165) is 11.6 Å². The number of aromatic carboxylic acids is 1. The van der Waals surface area contributed by atoms with Crippen LogP contribution in [0.4, 0.5) is 11.4 Å². The molecule has 3 N–H and O–H groups in total. The molecule has 0 radical (unpaired) electrons. The monoisotopic (exact) mass is 262 g/mol. The number of carboxylic acids is 1. The smallest absolute Gasteiger partial charge is 0.337 e. The normalized spacial score (nSPS) is 23.1. The molecule has 0 unspecified atom stereocenters. The zero-order valence-electron chi connectivity index (χ0n) is 11.6. The second-order valence-corrected chi connectivity index (χ2v) is 5.60. The molecule has 0 bridgehead atoms. The molecule has 1 saturated carbocycles. The predicted molar refractivity (Wildman–Crippen MR) is 77.6 cm³/mol. The number of nitrogen functional groups attached to an aromatic ring is 1. The van der Waals surface area contributed by atoms with E-state index < -0.39 is 5.97 Å². The Morgan fingerprint density at radius 3 is 2.53 bits per heavy atom. The van der Waals surface area contributed by atoms with Crippen LogP contribution in [0.1, 0.15) is 43.0 Å². The van der Waals surface area contributed by atoms with Gasteiger partial charge in [0.25, 0.3) is 0 Å². The van der Waals surface area contributed by atoms with Crippen molar-refractivity contribution in [3.05, 3.63) is 23.8 Å². The molecule has 2 rings (SSSR count). The average molecular weight is 262 g/mol. The summed E-state index contributed by atoms with van der Waals surface area (Å²) in [5, 5.41) is 9.12. The molecule has 1 fully saturated rings. The number of nitrogens with zero attached hydrogens (tertiary/aromatic N) is 1. The number of nitrogens with two attached hydrogens (primary N) is 1. The van der Waals surface area contributed by atoms with Crippen LogP contribution in [0.2, 0.25) is 0 Å². The van der Waals surface area contributed by atoms with Crippen molar-refractivity contribution in [2.45, 2.75) is 38.6 Å². The summed E-state index contributed by atoms with van der Waals surface area (Å²) in [5.74, 6) is -0.157. The van der Waals surface area contributed by atoms with E-state index in [1.54, 1.807) is 12.1 Å². The molecule has 0 aromatic heterocycles. The largest absolute Gasteiger partial charge is 0.478 e. The van der Waals surface area contributed by atoms with Crippen LogP contribution in [-0.4, -0.2) is 24.2 Å². The Kier molecular flexibility index (Phi) is 3.98. The van der Waals surface area contributed by atoms with Crippen LogP contribution in [0.3, 0.4) is 0 Å². The lowest BCUT2D eigenvalue weighted by molar-refractivity contribution is 0.0698. The molecule has 19 heavy (non-hydrogen) atoms. The molecule has 0 aliphatic heterocycles. The third-order valence-electron chi connectivity index (χ3n) is 4.21. The Morgan fingerprint density at radius 2 is 1.95 bits per heavy atom. The van der Waals surface area contributed by atoms with Crippen LogP contribution < -0.4 is 10.6 Å². The van der Waals surface area contributed by atoms with Gasteiger partial charge < -0.3 is 15.7 Å². The van der Waals surface area contributed by atoms with Gasteiger partial charge in [0.15, 0.2) is 0 Å². The zero-order valence-corrected chi connectivity index (χ0v) is 11.6. The van der Waals surface area contributed by atoms with E-state index in [0.29, 0.717) is 11.7 Å². The van der Waals surface area contributed by atoms with E-state index in [-0.39, 0.29) is 5.56 Å². The second kappa shape index (κ2) is 5.51. The third-order valence-corrected chi connectivity index (χ3v) is 4.21.